The maximum Gasteiger partial charge on any atom is 0.220 e. The summed E-state index contributed by atoms with van der Waals surface area (Å²) in [6, 6.07) is 14.3. The Morgan fingerprint density at radius 1 is 1.22 bits per heavy atom. The summed E-state index contributed by atoms with van der Waals surface area (Å²) in [7, 11) is 1.67. The van der Waals surface area contributed by atoms with Crippen LogP contribution < -0.4 is 14.8 Å². The summed E-state index contributed by atoms with van der Waals surface area (Å²) in [5.41, 5.74) is 3.59. The summed E-state index contributed by atoms with van der Waals surface area (Å²) in [6.07, 6.45) is 4.27. The van der Waals surface area contributed by atoms with Crippen LogP contribution in [0.5, 0.6) is 11.5 Å². The molecular formula is C22H24N2O3. The van der Waals surface area contributed by atoms with Gasteiger partial charge in [-0.05, 0) is 47.9 Å². The predicted octanol–water partition coefficient (Wildman–Crippen LogP) is 3.33. The summed E-state index contributed by atoms with van der Waals surface area (Å²) < 4.78 is 12.9. The number of nitrogens with zero attached hydrogens (tertiary/aromatic N) is 1. The number of carbonyl (C=O) groups excluding carboxylic acids is 1. The van der Waals surface area contributed by atoms with E-state index in [4.69, 9.17) is 9.47 Å². The van der Waals surface area contributed by atoms with Gasteiger partial charge in [-0.2, -0.15) is 0 Å². The Morgan fingerprint density at radius 3 is 3.04 bits per heavy atom. The van der Waals surface area contributed by atoms with Crippen molar-refractivity contribution in [2.24, 2.45) is 0 Å². The monoisotopic (exact) mass is 364 g/mol. The molecule has 1 aromatic heterocycles. The van der Waals surface area contributed by atoms with Crippen LogP contribution in [0.2, 0.25) is 0 Å². The van der Waals surface area contributed by atoms with Crippen LogP contribution in [0.1, 0.15) is 17.5 Å². The number of amides is 1. The number of methoxy groups -OCH3 is 1. The molecule has 0 unspecified atom stereocenters. The van der Waals surface area contributed by atoms with E-state index in [2.05, 4.69) is 28.1 Å². The first-order valence-corrected chi connectivity index (χ1v) is 9.37. The Bertz CT molecular complexity index is 961. The molecule has 4 rings (SSSR count). The van der Waals surface area contributed by atoms with E-state index in [-0.39, 0.29) is 5.91 Å². The van der Waals surface area contributed by atoms with Crippen LogP contribution in [-0.4, -0.2) is 30.7 Å². The average molecular weight is 364 g/mol. The molecule has 5 nitrogen and oxygen atoms in total. The molecule has 0 bridgehead atoms. The first kappa shape index (κ1) is 17.5. The SMILES string of the molecule is COc1ccc2c(ccn2CCNC(=O)CCc2ccc3c(c2)CCO3)c1. The number of aromatic nitrogens is 1. The summed E-state index contributed by atoms with van der Waals surface area (Å²) in [4.78, 5) is 12.2. The number of rotatable bonds is 7. The van der Waals surface area contributed by atoms with Crippen LogP contribution in [-0.2, 0) is 24.2 Å². The molecule has 3 aromatic rings. The zero-order valence-electron chi connectivity index (χ0n) is 15.5. The number of carbonyl (C=O) groups is 1. The zero-order chi connectivity index (χ0) is 18.6. The number of aryl methyl sites for hydroxylation is 1. The normalized spacial score (nSPS) is 12.6. The maximum atomic E-state index is 12.2. The Hall–Kier alpha value is -2.95. The van der Waals surface area contributed by atoms with Crippen molar-refractivity contribution in [2.45, 2.75) is 25.8 Å². The van der Waals surface area contributed by atoms with E-state index in [0.717, 1.165) is 48.4 Å². The van der Waals surface area contributed by atoms with Gasteiger partial charge in [-0.3, -0.25) is 4.79 Å². The Balaban J connectivity index is 1.26. The molecule has 27 heavy (non-hydrogen) atoms. The third-order valence-corrected chi connectivity index (χ3v) is 5.05. The molecule has 0 aliphatic carbocycles. The van der Waals surface area contributed by atoms with Crippen LogP contribution in [0.3, 0.4) is 0 Å². The first-order valence-electron chi connectivity index (χ1n) is 9.37. The fourth-order valence-electron chi connectivity index (χ4n) is 3.56. The third kappa shape index (κ3) is 3.92. The molecule has 2 aromatic carbocycles. The summed E-state index contributed by atoms with van der Waals surface area (Å²) in [6.45, 7) is 2.13. The highest BCUT2D eigenvalue weighted by molar-refractivity contribution is 5.81. The molecule has 1 amide bonds. The fourth-order valence-corrected chi connectivity index (χ4v) is 3.56. The molecule has 5 heteroatoms. The van der Waals surface area contributed by atoms with Crippen LogP contribution in [0.15, 0.2) is 48.7 Å². The molecule has 2 heterocycles. The van der Waals surface area contributed by atoms with E-state index in [0.29, 0.717) is 13.0 Å². The molecule has 1 N–H and O–H groups in total. The summed E-state index contributed by atoms with van der Waals surface area (Å²) in [5, 5.41) is 4.16. The van der Waals surface area contributed by atoms with Gasteiger partial charge in [0.25, 0.3) is 0 Å². The first-order chi connectivity index (χ1) is 13.2. The van der Waals surface area contributed by atoms with Gasteiger partial charge >= 0.3 is 0 Å². The molecular weight excluding hydrogens is 340 g/mol. The van der Waals surface area contributed by atoms with Crippen molar-refractivity contribution in [3.8, 4) is 11.5 Å². The van der Waals surface area contributed by atoms with Gasteiger partial charge in [-0.15, -0.1) is 0 Å². The second kappa shape index (κ2) is 7.74. The number of nitrogens with one attached hydrogen (secondary N) is 1. The lowest BCUT2D eigenvalue weighted by atomic mass is 10.0. The van der Waals surface area contributed by atoms with Crippen LogP contribution in [0.25, 0.3) is 10.9 Å². The number of ether oxygens (including phenoxy) is 2. The van der Waals surface area contributed by atoms with E-state index in [1.54, 1.807) is 7.11 Å². The topological polar surface area (TPSA) is 52.5 Å². The Kier molecular flexibility index (Phi) is 5.01. The molecule has 0 saturated carbocycles. The van der Waals surface area contributed by atoms with Crippen molar-refractivity contribution in [2.75, 3.05) is 20.3 Å². The second-order valence-corrected chi connectivity index (χ2v) is 6.82. The summed E-state index contributed by atoms with van der Waals surface area (Å²) in [5.74, 6) is 1.93. The van der Waals surface area contributed by atoms with Gasteiger partial charge in [0.15, 0.2) is 0 Å². The zero-order valence-corrected chi connectivity index (χ0v) is 15.5. The molecule has 1 aliphatic heterocycles. The second-order valence-electron chi connectivity index (χ2n) is 6.82. The highest BCUT2D eigenvalue weighted by atomic mass is 16.5. The molecule has 1 aliphatic rings. The van der Waals surface area contributed by atoms with E-state index < -0.39 is 0 Å². The average Bonchev–Trinajstić information content (AvgIpc) is 3.32. The van der Waals surface area contributed by atoms with Gasteiger partial charge in [0.2, 0.25) is 5.91 Å². The van der Waals surface area contributed by atoms with Crippen molar-refractivity contribution in [1.29, 1.82) is 0 Å². The predicted molar refractivity (Wildman–Crippen MR) is 105 cm³/mol. The van der Waals surface area contributed by atoms with Crippen LogP contribution in [0.4, 0.5) is 0 Å². The minimum atomic E-state index is 0.0879. The summed E-state index contributed by atoms with van der Waals surface area (Å²) >= 11 is 0. The Labute approximate surface area is 158 Å². The van der Waals surface area contributed by atoms with Gasteiger partial charge in [0, 0.05) is 43.0 Å². The van der Waals surface area contributed by atoms with Gasteiger partial charge < -0.3 is 19.4 Å². The number of benzene rings is 2. The molecule has 0 saturated heterocycles. The smallest absolute Gasteiger partial charge is 0.220 e. The van der Waals surface area contributed by atoms with E-state index in [1.807, 2.05) is 30.5 Å². The minimum absolute atomic E-state index is 0.0879. The molecule has 0 fully saturated rings. The van der Waals surface area contributed by atoms with E-state index in [1.165, 1.54) is 11.1 Å². The number of hydrogen-bond donors (Lipinski definition) is 1. The van der Waals surface area contributed by atoms with Gasteiger partial charge in [0.05, 0.1) is 13.7 Å². The standard InChI is InChI=1S/C22H24N2O3/c1-26-19-4-5-20-17(15-19)8-11-24(20)12-10-23-22(25)7-3-16-2-6-21-18(14-16)9-13-27-21/h2,4-6,8,11,14-15H,3,7,9-10,12-13H2,1H3,(H,23,25). The molecule has 0 atom stereocenters. The Morgan fingerprint density at radius 2 is 2.15 bits per heavy atom. The van der Waals surface area contributed by atoms with Crippen LogP contribution >= 0.6 is 0 Å². The van der Waals surface area contributed by atoms with E-state index >= 15 is 0 Å². The molecule has 140 valence electrons. The lowest BCUT2D eigenvalue weighted by Crippen LogP contribution is -2.27. The van der Waals surface area contributed by atoms with Gasteiger partial charge in [-0.1, -0.05) is 12.1 Å². The maximum absolute atomic E-state index is 12.2. The van der Waals surface area contributed by atoms with Crippen LogP contribution in [0, 0.1) is 0 Å². The van der Waals surface area contributed by atoms with Crippen molar-refractivity contribution in [3.63, 3.8) is 0 Å². The highest BCUT2D eigenvalue weighted by Gasteiger charge is 2.12. The minimum Gasteiger partial charge on any atom is -0.497 e. The van der Waals surface area contributed by atoms with Crippen molar-refractivity contribution < 1.29 is 14.3 Å². The van der Waals surface area contributed by atoms with E-state index in [9.17, 15) is 4.79 Å². The van der Waals surface area contributed by atoms with Gasteiger partial charge in [0.1, 0.15) is 11.5 Å². The lowest BCUT2D eigenvalue weighted by Gasteiger charge is -2.09. The highest BCUT2D eigenvalue weighted by Crippen LogP contribution is 2.26. The largest absolute Gasteiger partial charge is 0.497 e. The number of hydrogen-bond acceptors (Lipinski definition) is 3. The van der Waals surface area contributed by atoms with Crippen molar-refractivity contribution in [1.82, 2.24) is 9.88 Å². The fraction of sp³-hybridized carbons (Fsp3) is 0.318. The third-order valence-electron chi connectivity index (χ3n) is 5.05. The lowest BCUT2D eigenvalue weighted by molar-refractivity contribution is -0.121. The molecule has 0 radical (unpaired) electrons. The quantitative estimate of drug-likeness (QED) is 0.700. The van der Waals surface area contributed by atoms with Crippen molar-refractivity contribution in [3.05, 3.63) is 59.8 Å². The van der Waals surface area contributed by atoms with Gasteiger partial charge in [-0.25, -0.2) is 0 Å². The number of fused-ring (bicyclic) bond motifs is 2. The van der Waals surface area contributed by atoms with Crippen molar-refractivity contribution >= 4 is 16.8 Å². The molecule has 0 spiro atoms.